The molecule has 0 saturated heterocycles. The Kier molecular flexibility index (Phi) is 7.02. The SMILES string of the molecule is CCC(C)NC(=O)c1ccccc1NC(=O)COc1cccc(OC)c1. The van der Waals surface area contributed by atoms with Crippen molar-refractivity contribution in [2.75, 3.05) is 19.0 Å². The lowest BCUT2D eigenvalue weighted by molar-refractivity contribution is -0.118. The number of carbonyl (C=O) groups is 2. The largest absolute Gasteiger partial charge is 0.497 e. The van der Waals surface area contributed by atoms with E-state index in [1.807, 2.05) is 13.8 Å². The maximum Gasteiger partial charge on any atom is 0.262 e. The van der Waals surface area contributed by atoms with Gasteiger partial charge in [0, 0.05) is 12.1 Å². The third-order valence-corrected chi connectivity index (χ3v) is 3.85. The molecule has 2 amide bonds. The molecule has 2 aromatic rings. The molecule has 138 valence electrons. The molecule has 1 atom stereocenters. The molecular weight excluding hydrogens is 332 g/mol. The van der Waals surface area contributed by atoms with Gasteiger partial charge in [-0.3, -0.25) is 9.59 Å². The number of hydrogen-bond acceptors (Lipinski definition) is 4. The highest BCUT2D eigenvalue weighted by Gasteiger charge is 2.14. The summed E-state index contributed by atoms with van der Waals surface area (Å²) in [5.41, 5.74) is 0.870. The highest BCUT2D eigenvalue weighted by atomic mass is 16.5. The molecule has 6 heteroatoms. The second kappa shape index (κ2) is 9.46. The number of nitrogens with one attached hydrogen (secondary N) is 2. The molecule has 0 saturated carbocycles. The van der Waals surface area contributed by atoms with Crippen LogP contribution in [0.3, 0.4) is 0 Å². The topological polar surface area (TPSA) is 76.7 Å². The Labute approximate surface area is 153 Å². The van der Waals surface area contributed by atoms with Gasteiger partial charge in [0.2, 0.25) is 0 Å². The fraction of sp³-hybridized carbons (Fsp3) is 0.300. The summed E-state index contributed by atoms with van der Waals surface area (Å²) in [4.78, 5) is 24.6. The lowest BCUT2D eigenvalue weighted by atomic mass is 10.1. The van der Waals surface area contributed by atoms with E-state index in [1.165, 1.54) is 0 Å². The average Bonchev–Trinajstić information content (AvgIpc) is 2.66. The smallest absolute Gasteiger partial charge is 0.262 e. The number of hydrogen-bond donors (Lipinski definition) is 2. The summed E-state index contributed by atoms with van der Waals surface area (Å²) in [7, 11) is 1.56. The van der Waals surface area contributed by atoms with Gasteiger partial charge in [-0.1, -0.05) is 25.1 Å². The maximum atomic E-state index is 12.4. The van der Waals surface area contributed by atoms with Crippen molar-refractivity contribution in [2.45, 2.75) is 26.3 Å². The number of methoxy groups -OCH3 is 1. The summed E-state index contributed by atoms with van der Waals surface area (Å²) in [5.74, 6) is 0.609. The van der Waals surface area contributed by atoms with Crippen LogP contribution in [0.1, 0.15) is 30.6 Å². The Hall–Kier alpha value is -3.02. The predicted molar refractivity (Wildman–Crippen MR) is 101 cm³/mol. The van der Waals surface area contributed by atoms with Gasteiger partial charge in [-0.15, -0.1) is 0 Å². The van der Waals surface area contributed by atoms with E-state index >= 15 is 0 Å². The van der Waals surface area contributed by atoms with Gasteiger partial charge in [-0.25, -0.2) is 0 Å². The first-order valence-corrected chi connectivity index (χ1v) is 8.50. The Morgan fingerprint density at radius 2 is 1.81 bits per heavy atom. The van der Waals surface area contributed by atoms with Gasteiger partial charge in [0.1, 0.15) is 11.5 Å². The standard InChI is InChI=1S/C20H24N2O4/c1-4-14(2)21-20(24)17-10-5-6-11-18(17)22-19(23)13-26-16-9-7-8-15(12-16)25-3/h5-12,14H,4,13H2,1-3H3,(H,21,24)(H,22,23). The van der Waals surface area contributed by atoms with Crippen LogP contribution >= 0.6 is 0 Å². The first-order chi connectivity index (χ1) is 12.5. The minimum atomic E-state index is -0.350. The van der Waals surface area contributed by atoms with Crippen molar-refractivity contribution in [3.8, 4) is 11.5 Å². The quantitative estimate of drug-likeness (QED) is 0.761. The van der Waals surface area contributed by atoms with Gasteiger partial charge in [0.15, 0.2) is 6.61 Å². The zero-order valence-corrected chi connectivity index (χ0v) is 15.2. The highest BCUT2D eigenvalue weighted by molar-refractivity contribution is 6.04. The van der Waals surface area contributed by atoms with Crippen LogP contribution in [0, 0.1) is 0 Å². The molecule has 2 aromatic carbocycles. The van der Waals surface area contributed by atoms with Crippen molar-refractivity contribution in [1.82, 2.24) is 5.32 Å². The molecule has 0 aromatic heterocycles. The molecule has 2 rings (SSSR count). The van der Waals surface area contributed by atoms with E-state index in [0.717, 1.165) is 6.42 Å². The number of ether oxygens (including phenoxy) is 2. The Morgan fingerprint density at radius 1 is 1.08 bits per heavy atom. The van der Waals surface area contributed by atoms with Crippen LogP contribution in [0.25, 0.3) is 0 Å². The van der Waals surface area contributed by atoms with Gasteiger partial charge < -0.3 is 20.1 Å². The van der Waals surface area contributed by atoms with Gasteiger partial charge in [-0.2, -0.15) is 0 Å². The number of anilines is 1. The van der Waals surface area contributed by atoms with E-state index in [0.29, 0.717) is 22.7 Å². The van der Waals surface area contributed by atoms with Crippen LogP contribution in [0.15, 0.2) is 48.5 Å². The van der Waals surface area contributed by atoms with E-state index in [1.54, 1.807) is 55.6 Å². The lowest BCUT2D eigenvalue weighted by Crippen LogP contribution is -2.33. The molecule has 1 unspecified atom stereocenters. The van der Waals surface area contributed by atoms with Crippen LogP contribution in [0.4, 0.5) is 5.69 Å². The summed E-state index contributed by atoms with van der Waals surface area (Å²) < 4.78 is 10.6. The Morgan fingerprint density at radius 3 is 2.54 bits per heavy atom. The van der Waals surface area contributed by atoms with Crippen molar-refractivity contribution in [3.05, 3.63) is 54.1 Å². The Bertz CT molecular complexity index is 761. The normalized spacial score (nSPS) is 11.3. The molecule has 0 spiro atoms. The van der Waals surface area contributed by atoms with Crippen molar-refractivity contribution < 1.29 is 19.1 Å². The molecule has 0 heterocycles. The summed E-state index contributed by atoms with van der Waals surface area (Å²) in [6, 6.07) is 13.9. The van der Waals surface area contributed by atoms with Gasteiger partial charge in [0.05, 0.1) is 18.4 Å². The zero-order chi connectivity index (χ0) is 18.9. The molecule has 0 aliphatic carbocycles. The Balaban J connectivity index is 1.99. The van der Waals surface area contributed by atoms with Crippen LogP contribution in [-0.4, -0.2) is 31.6 Å². The number of benzene rings is 2. The van der Waals surface area contributed by atoms with Crippen molar-refractivity contribution in [3.63, 3.8) is 0 Å². The monoisotopic (exact) mass is 356 g/mol. The molecule has 26 heavy (non-hydrogen) atoms. The summed E-state index contributed by atoms with van der Waals surface area (Å²) in [6.45, 7) is 3.75. The average molecular weight is 356 g/mol. The predicted octanol–water partition coefficient (Wildman–Crippen LogP) is 3.24. The van der Waals surface area contributed by atoms with E-state index in [-0.39, 0.29) is 24.5 Å². The number of carbonyl (C=O) groups excluding carboxylic acids is 2. The van der Waals surface area contributed by atoms with Crippen molar-refractivity contribution in [2.24, 2.45) is 0 Å². The first-order valence-electron chi connectivity index (χ1n) is 8.50. The van der Waals surface area contributed by atoms with Crippen LogP contribution in [0.5, 0.6) is 11.5 Å². The van der Waals surface area contributed by atoms with E-state index in [4.69, 9.17) is 9.47 Å². The zero-order valence-electron chi connectivity index (χ0n) is 15.2. The minimum absolute atomic E-state index is 0.0580. The van der Waals surface area contributed by atoms with E-state index in [9.17, 15) is 9.59 Å². The maximum absolute atomic E-state index is 12.4. The fourth-order valence-electron chi connectivity index (χ4n) is 2.22. The second-order valence-corrected chi connectivity index (χ2v) is 5.84. The van der Waals surface area contributed by atoms with Gasteiger partial charge >= 0.3 is 0 Å². The molecular formula is C20H24N2O4. The molecule has 0 radical (unpaired) electrons. The van der Waals surface area contributed by atoms with Crippen LogP contribution in [0.2, 0.25) is 0 Å². The number of para-hydroxylation sites is 1. The first kappa shape index (κ1) is 19.3. The summed E-state index contributed by atoms with van der Waals surface area (Å²) in [5, 5.41) is 5.62. The third-order valence-electron chi connectivity index (χ3n) is 3.85. The molecule has 0 aliphatic rings. The van der Waals surface area contributed by atoms with Crippen LogP contribution < -0.4 is 20.1 Å². The molecule has 0 aliphatic heterocycles. The summed E-state index contributed by atoms with van der Waals surface area (Å²) in [6.07, 6.45) is 0.828. The van der Waals surface area contributed by atoms with Crippen molar-refractivity contribution in [1.29, 1.82) is 0 Å². The fourth-order valence-corrected chi connectivity index (χ4v) is 2.22. The lowest BCUT2D eigenvalue weighted by Gasteiger charge is -2.15. The minimum Gasteiger partial charge on any atom is -0.497 e. The molecule has 0 fully saturated rings. The van der Waals surface area contributed by atoms with Crippen LogP contribution in [-0.2, 0) is 4.79 Å². The van der Waals surface area contributed by atoms with Gasteiger partial charge in [0.25, 0.3) is 11.8 Å². The third kappa shape index (κ3) is 5.51. The highest BCUT2D eigenvalue weighted by Crippen LogP contribution is 2.19. The summed E-state index contributed by atoms with van der Waals surface area (Å²) >= 11 is 0. The molecule has 0 bridgehead atoms. The molecule has 6 nitrogen and oxygen atoms in total. The van der Waals surface area contributed by atoms with Gasteiger partial charge in [-0.05, 0) is 37.6 Å². The van der Waals surface area contributed by atoms with Crippen molar-refractivity contribution >= 4 is 17.5 Å². The van der Waals surface area contributed by atoms with E-state index < -0.39 is 0 Å². The molecule has 2 N–H and O–H groups in total. The van der Waals surface area contributed by atoms with E-state index in [2.05, 4.69) is 10.6 Å². The number of amides is 2. The second-order valence-electron chi connectivity index (χ2n) is 5.84. The number of rotatable bonds is 8.